The second-order valence-corrected chi connectivity index (χ2v) is 16.1. The molecular formula is C42H42FN9O4S. The molecule has 0 radical (unpaired) electrons. The van der Waals surface area contributed by atoms with E-state index in [0.29, 0.717) is 53.9 Å². The van der Waals surface area contributed by atoms with Crippen LogP contribution in [0.2, 0.25) is 0 Å². The van der Waals surface area contributed by atoms with Gasteiger partial charge in [-0.05, 0) is 105 Å². The van der Waals surface area contributed by atoms with E-state index in [9.17, 15) is 14.4 Å². The molecule has 13 nitrogen and oxygen atoms in total. The molecule has 4 heterocycles. The summed E-state index contributed by atoms with van der Waals surface area (Å²) >= 11 is 1.50. The molecule has 8 rings (SSSR count). The number of hydrogen-bond donors (Lipinski definition) is 3. The highest BCUT2D eigenvalue weighted by Gasteiger charge is 2.32. The summed E-state index contributed by atoms with van der Waals surface area (Å²) in [6.45, 7) is 4.27. The molecule has 3 aromatic heterocycles. The van der Waals surface area contributed by atoms with Gasteiger partial charge in [0.15, 0.2) is 5.75 Å². The number of hydrogen-bond acceptors (Lipinski definition) is 11. The van der Waals surface area contributed by atoms with E-state index in [0.717, 1.165) is 46.5 Å². The number of aromatic amines is 1. The second-order valence-electron chi connectivity index (χ2n) is 15.0. The lowest BCUT2D eigenvalue weighted by molar-refractivity contribution is -0.137. The molecule has 1 aliphatic carbocycles. The molecular weight excluding hydrogens is 746 g/mol. The maximum atomic E-state index is 15.5. The number of carbonyl (C=O) groups excluding carboxylic acids is 3. The highest BCUT2D eigenvalue weighted by atomic mass is 32.2. The normalized spacial score (nSPS) is 18.2. The van der Waals surface area contributed by atoms with E-state index in [1.165, 1.54) is 39.8 Å². The molecule has 57 heavy (non-hydrogen) atoms. The van der Waals surface area contributed by atoms with Crippen LogP contribution in [-0.4, -0.2) is 72.0 Å². The molecule has 1 atom stereocenters. The van der Waals surface area contributed by atoms with Crippen molar-refractivity contribution in [2.75, 3.05) is 12.4 Å². The van der Waals surface area contributed by atoms with E-state index in [1.807, 2.05) is 56.1 Å². The number of carbonyl (C=O) groups is 3. The molecule has 2 fully saturated rings. The van der Waals surface area contributed by atoms with Crippen LogP contribution in [0.25, 0.3) is 16.9 Å². The summed E-state index contributed by atoms with van der Waals surface area (Å²) < 4.78 is 23.1. The van der Waals surface area contributed by atoms with Gasteiger partial charge in [-0.3, -0.25) is 29.7 Å². The number of aldehydes is 1. The third-order valence-electron chi connectivity index (χ3n) is 10.5. The molecule has 1 saturated heterocycles. The summed E-state index contributed by atoms with van der Waals surface area (Å²) in [7, 11) is 1.86. The second kappa shape index (κ2) is 16.3. The number of aromatic nitrogens is 6. The highest BCUT2D eigenvalue weighted by Crippen LogP contribution is 2.44. The summed E-state index contributed by atoms with van der Waals surface area (Å²) in [6, 6.07) is 19.1. The Morgan fingerprint density at radius 1 is 1.11 bits per heavy atom. The molecule has 0 bridgehead atoms. The lowest BCUT2D eigenvalue weighted by Crippen LogP contribution is -2.51. The monoisotopic (exact) mass is 787 g/mol. The minimum absolute atomic E-state index is 0.145. The number of fused-ring (bicyclic) bond motifs is 1. The van der Waals surface area contributed by atoms with Crippen molar-refractivity contribution >= 4 is 47.1 Å². The number of piperidine rings is 1. The van der Waals surface area contributed by atoms with Gasteiger partial charge < -0.3 is 10.1 Å². The average molecular weight is 788 g/mol. The van der Waals surface area contributed by atoms with Crippen molar-refractivity contribution < 1.29 is 23.5 Å². The lowest BCUT2D eigenvalue weighted by Gasteiger charge is -2.36. The van der Waals surface area contributed by atoms with Gasteiger partial charge in [0.1, 0.15) is 24.1 Å². The van der Waals surface area contributed by atoms with Crippen LogP contribution in [0.4, 0.5) is 16.0 Å². The molecule has 15 heteroatoms. The SMILES string of the molecule is CC(C)Oc1c(-c2cn[nH]c2)ncn2nc(Nc3ccc(Sc4cccc(CC5CC(c6ccc(C=O)c(CN(C)C7CCC(=O)NC7=O)c6)C5)c4)cc3F)nc12. The average Bonchev–Trinajstić information content (AvgIpc) is 3.85. The molecule has 1 saturated carbocycles. The van der Waals surface area contributed by atoms with Crippen LogP contribution in [-0.2, 0) is 22.6 Å². The van der Waals surface area contributed by atoms with Gasteiger partial charge in [0, 0.05) is 40.1 Å². The van der Waals surface area contributed by atoms with Gasteiger partial charge in [0.25, 0.3) is 0 Å². The highest BCUT2D eigenvalue weighted by molar-refractivity contribution is 7.99. The van der Waals surface area contributed by atoms with Gasteiger partial charge in [-0.1, -0.05) is 42.1 Å². The number of H-pyrrole nitrogens is 1. The minimum Gasteiger partial charge on any atom is -0.485 e. The molecule has 2 aliphatic rings. The van der Waals surface area contributed by atoms with E-state index >= 15 is 4.39 Å². The molecule has 1 aliphatic heterocycles. The van der Waals surface area contributed by atoms with E-state index in [-0.39, 0.29) is 29.6 Å². The number of imide groups is 1. The molecule has 1 unspecified atom stereocenters. The van der Waals surface area contributed by atoms with Crippen molar-refractivity contribution in [2.45, 2.75) is 80.4 Å². The number of nitrogens with one attached hydrogen (secondary N) is 3. The fraction of sp³-hybridized carbons (Fsp3) is 0.310. The van der Waals surface area contributed by atoms with Gasteiger partial charge in [0.05, 0.1) is 24.0 Å². The van der Waals surface area contributed by atoms with Crippen molar-refractivity contribution in [3.63, 3.8) is 0 Å². The maximum Gasteiger partial charge on any atom is 0.247 e. The number of likely N-dealkylation sites (N-methyl/N-ethyl adjacent to an activating group) is 1. The third kappa shape index (κ3) is 8.44. The van der Waals surface area contributed by atoms with Crippen LogP contribution in [0.5, 0.6) is 5.75 Å². The Bertz CT molecular complexity index is 2450. The fourth-order valence-corrected chi connectivity index (χ4v) is 8.52. The molecule has 2 amide bonds. The van der Waals surface area contributed by atoms with E-state index < -0.39 is 11.9 Å². The topological polar surface area (TPSA) is 160 Å². The number of amides is 2. The van der Waals surface area contributed by atoms with Crippen molar-refractivity contribution in [3.05, 3.63) is 107 Å². The smallest absolute Gasteiger partial charge is 0.247 e. The Hall–Kier alpha value is -5.93. The third-order valence-corrected chi connectivity index (χ3v) is 11.5. The van der Waals surface area contributed by atoms with Gasteiger partial charge in [-0.25, -0.2) is 9.37 Å². The van der Waals surface area contributed by atoms with Crippen LogP contribution < -0.4 is 15.4 Å². The Balaban J connectivity index is 0.882. The number of ether oxygens (including phenoxy) is 1. The van der Waals surface area contributed by atoms with Gasteiger partial charge >= 0.3 is 0 Å². The fourth-order valence-electron chi connectivity index (χ4n) is 7.59. The van der Waals surface area contributed by atoms with Crippen LogP contribution in [0.3, 0.4) is 0 Å². The van der Waals surface area contributed by atoms with Gasteiger partial charge in [0.2, 0.25) is 23.4 Å². The van der Waals surface area contributed by atoms with E-state index in [1.54, 1.807) is 18.5 Å². The zero-order valence-corrected chi connectivity index (χ0v) is 32.6. The van der Waals surface area contributed by atoms with Gasteiger partial charge in [-0.2, -0.15) is 14.6 Å². The predicted molar refractivity (Wildman–Crippen MR) is 213 cm³/mol. The predicted octanol–water partition coefficient (Wildman–Crippen LogP) is 7.12. The van der Waals surface area contributed by atoms with Gasteiger partial charge in [-0.15, -0.1) is 5.10 Å². The Morgan fingerprint density at radius 2 is 1.95 bits per heavy atom. The maximum absolute atomic E-state index is 15.5. The summed E-state index contributed by atoms with van der Waals surface area (Å²) in [6.07, 6.45) is 9.42. The number of benzene rings is 3. The summed E-state index contributed by atoms with van der Waals surface area (Å²) in [5.41, 5.74) is 5.93. The largest absolute Gasteiger partial charge is 0.485 e. The number of rotatable bonds is 14. The Morgan fingerprint density at radius 3 is 2.70 bits per heavy atom. The quantitative estimate of drug-likeness (QED) is 0.0762. The van der Waals surface area contributed by atoms with E-state index in [2.05, 4.69) is 54.1 Å². The van der Waals surface area contributed by atoms with Crippen molar-refractivity contribution in [3.8, 4) is 17.0 Å². The first-order chi connectivity index (χ1) is 27.6. The standard InChI is InChI=1S/C42H42FN9O4S/c1-24(2)56-39-38(31-19-45-46-20-31)44-23-52-40(39)49-42(50-52)47-35-10-9-33(18-34(35)43)57-32-6-4-5-25(16-32)13-26-14-29(15-26)27-7-8-28(22-53)30(17-27)21-51(3)36-11-12-37(54)48-41(36)55/h4-10,16-20,22-24,26,29,36H,11-15,21H2,1-3H3,(H,45,46)(H,47,50)(H,48,54,55). The summed E-state index contributed by atoms with van der Waals surface area (Å²) in [5, 5.41) is 16.7. The van der Waals surface area contributed by atoms with Crippen LogP contribution >= 0.6 is 11.8 Å². The number of anilines is 2. The van der Waals surface area contributed by atoms with Crippen LogP contribution in [0, 0.1) is 11.7 Å². The first-order valence-corrected chi connectivity index (χ1v) is 19.8. The molecule has 3 aromatic carbocycles. The van der Waals surface area contributed by atoms with Crippen molar-refractivity contribution in [1.29, 1.82) is 0 Å². The molecule has 6 aromatic rings. The zero-order valence-electron chi connectivity index (χ0n) is 31.7. The van der Waals surface area contributed by atoms with Crippen LogP contribution in [0.15, 0.2) is 89.2 Å². The minimum atomic E-state index is -0.432. The summed E-state index contributed by atoms with van der Waals surface area (Å²) in [4.78, 5) is 48.7. The number of halogens is 1. The first-order valence-electron chi connectivity index (χ1n) is 19.0. The molecule has 292 valence electrons. The lowest BCUT2D eigenvalue weighted by atomic mass is 9.69. The number of nitrogens with zero attached hydrogens (tertiary/aromatic N) is 6. The Kier molecular flexibility index (Phi) is 10.8. The first kappa shape index (κ1) is 38.0. The zero-order chi connectivity index (χ0) is 39.6. The molecule has 0 spiro atoms. The van der Waals surface area contributed by atoms with Crippen LogP contribution in [0.1, 0.15) is 72.5 Å². The van der Waals surface area contributed by atoms with E-state index in [4.69, 9.17) is 4.74 Å². The van der Waals surface area contributed by atoms with Crippen molar-refractivity contribution in [2.24, 2.45) is 5.92 Å². The Labute approximate surface area is 332 Å². The molecule has 3 N–H and O–H groups in total. The van der Waals surface area contributed by atoms with Crippen molar-refractivity contribution in [1.82, 2.24) is 40.0 Å². The summed E-state index contributed by atoms with van der Waals surface area (Å²) in [5.74, 6) is 0.608.